The smallest absolute Gasteiger partial charge is 0.303 e. The van der Waals surface area contributed by atoms with Crippen LogP contribution in [0.2, 0.25) is 0 Å². The van der Waals surface area contributed by atoms with Gasteiger partial charge in [0.25, 0.3) is 5.91 Å². The first-order valence-electron chi connectivity index (χ1n) is 16.0. The molecule has 0 radical (unpaired) electrons. The standard InChI is InChI=1S/C39H42N2O4/c1-3-5-10-29-16-20-31(21-17-29)38(30-18-14-28(9-4-2)15-19-30)41-25-24-32-27-33(22-23-35(32)41)39(44)40-34-11-6-7-12-36(34)45-26-8-13-37(42)43/h6-7,11-12,14-25,27,38H,3-5,8-10,13,26H2,1-2H3,(H,40,44)(H,42,43). The second-order valence-corrected chi connectivity index (χ2v) is 11.5. The zero-order valence-electron chi connectivity index (χ0n) is 26.2. The van der Waals surface area contributed by atoms with E-state index in [4.69, 9.17) is 9.84 Å². The van der Waals surface area contributed by atoms with Crippen molar-refractivity contribution in [1.29, 1.82) is 0 Å². The van der Waals surface area contributed by atoms with Gasteiger partial charge in [0.1, 0.15) is 5.75 Å². The van der Waals surface area contributed by atoms with E-state index in [0.29, 0.717) is 23.4 Å². The average molecular weight is 603 g/mol. The lowest BCUT2D eigenvalue weighted by Crippen LogP contribution is -2.14. The van der Waals surface area contributed by atoms with Crippen LogP contribution in [0.15, 0.2) is 103 Å². The number of nitrogens with zero attached hydrogens (tertiary/aromatic N) is 1. The molecule has 0 aliphatic rings. The maximum atomic E-state index is 13.4. The first-order chi connectivity index (χ1) is 22.0. The summed E-state index contributed by atoms with van der Waals surface area (Å²) in [4.78, 5) is 24.2. The first kappa shape index (κ1) is 31.6. The largest absolute Gasteiger partial charge is 0.491 e. The summed E-state index contributed by atoms with van der Waals surface area (Å²) in [7, 11) is 0. The Morgan fingerprint density at radius 2 is 1.49 bits per heavy atom. The Bertz CT molecular complexity index is 1720. The molecule has 1 atom stereocenters. The summed E-state index contributed by atoms with van der Waals surface area (Å²) >= 11 is 0. The monoisotopic (exact) mass is 602 g/mol. The highest BCUT2D eigenvalue weighted by atomic mass is 16.5. The van der Waals surface area contributed by atoms with Gasteiger partial charge in [0, 0.05) is 29.1 Å². The summed E-state index contributed by atoms with van der Waals surface area (Å²) in [5.74, 6) is -0.588. The molecule has 0 saturated carbocycles. The molecule has 1 amide bonds. The Balaban J connectivity index is 1.41. The fraction of sp³-hybridized carbons (Fsp3) is 0.282. The van der Waals surface area contributed by atoms with Gasteiger partial charge in [-0.25, -0.2) is 0 Å². The van der Waals surface area contributed by atoms with Gasteiger partial charge in [-0.3, -0.25) is 9.59 Å². The second kappa shape index (κ2) is 15.2. The van der Waals surface area contributed by atoms with Crippen molar-refractivity contribution in [2.24, 2.45) is 0 Å². The summed E-state index contributed by atoms with van der Waals surface area (Å²) in [6.45, 7) is 4.68. The van der Waals surface area contributed by atoms with Crippen molar-refractivity contribution in [2.75, 3.05) is 11.9 Å². The van der Waals surface area contributed by atoms with Crippen LogP contribution in [0.3, 0.4) is 0 Å². The van der Waals surface area contributed by atoms with Crippen LogP contribution in [0.4, 0.5) is 5.69 Å². The number of ether oxygens (including phenoxy) is 1. The highest BCUT2D eigenvalue weighted by molar-refractivity contribution is 6.07. The van der Waals surface area contributed by atoms with Crippen molar-refractivity contribution in [1.82, 2.24) is 4.57 Å². The number of carboxylic acid groups (broad SMARTS) is 1. The topological polar surface area (TPSA) is 80.6 Å². The van der Waals surface area contributed by atoms with Gasteiger partial charge < -0.3 is 19.7 Å². The molecule has 0 fully saturated rings. The molecule has 4 aromatic carbocycles. The van der Waals surface area contributed by atoms with Gasteiger partial charge in [0.15, 0.2) is 0 Å². The molecule has 6 heteroatoms. The molecule has 232 valence electrons. The van der Waals surface area contributed by atoms with Crippen molar-refractivity contribution >= 4 is 28.5 Å². The molecule has 0 saturated heterocycles. The molecule has 5 rings (SSSR count). The third-order valence-electron chi connectivity index (χ3n) is 8.14. The maximum Gasteiger partial charge on any atom is 0.303 e. The van der Waals surface area contributed by atoms with E-state index in [1.807, 2.05) is 30.3 Å². The molecule has 45 heavy (non-hydrogen) atoms. The highest BCUT2D eigenvalue weighted by Gasteiger charge is 2.19. The number of carbonyl (C=O) groups excluding carboxylic acids is 1. The summed E-state index contributed by atoms with van der Waals surface area (Å²) < 4.78 is 8.07. The van der Waals surface area contributed by atoms with Gasteiger partial charge in [-0.2, -0.15) is 0 Å². The number of anilines is 1. The van der Waals surface area contributed by atoms with Crippen LogP contribution in [-0.4, -0.2) is 28.2 Å². The van der Waals surface area contributed by atoms with E-state index in [-0.39, 0.29) is 25.0 Å². The second-order valence-electron chi connectivity index (χ2n) is 11.5. The SMILES string of the molecule is CCCCc1ccc(C(c2ccc(CCC)cc2)n2ccc3cc(C(=O)Nc4ccccc4OCCCC(=O)O)ccc32)cc1. The lowest BCUT2D eigenvalue weighted by atomic mass is 9.95. The van der Waals surface area contributed by atoms with Crippen LogP contribution < -0.4 is 10.1 Å². The summed E-state index contributed by atoms with van der Waals surface area (Å²) in [6.07, 6.45) is 8.17. The Kier molecular flexibility index (Phi) is 10.7. The van der Waals surface area contributed by atoms with Crippen LogP contribution in [0.25, 0.3) is 10.9 Å². The van der Waals surface area contributed by atoms with Crippen molar-refractivity contribution in [3.8, 4) is 5.75 Å². The Hall–Kier alpha value is -4.84. The number of carbonyl (C=O) groups is 2. The Morgan fingerprint density at radius 1 is 0.800 bits per heavy atom. The van der Waals surface area contributed by atoms with Crippen molar-refractivity contribution in [3.63, 3.8) is 0 Å². The Morgan fingerprint density at radius 3 is 2.16 bits per heavy atom. The minimum absolute atomic E-state index is 0.0109. The zero-order valence-corrected chi connectivity index (χ0v) is 26.2. The number of hydrogen-bond acceptors (Lipinski definition) is 3. The van der Waals surface area contributed by atoms with Crippen LogP contribution >= 0.6 is 0 Å². The van der Waals surface area contributed by atoms with Crippen molar-refractivity contribution in [2.45, 2.75) is 64.8 Å². The molecule has 1 unspecified atom stereocenters. The minimum Gasteiger partial charge on any atom is -0.491 e. The molecule has 0 bridgehead atoms. The summed E-state index contributed by atoms with van der Waals surface area (Å²) in [5, 5.41) is 12.8. The molecule has 1 heterocycles. The van der Waals surface area contributed by atoms with Gasteiger partial charge in [-0.05, 0) is 84.3 Å². The van der Waals surface area contributed by atoms with Gasteiger partial charge in [0.2, 0.25) is 0 Å². The van der Waals surface area contributed by atoms with Gasteiger partial charge >= 0.3 is 5.97 Å². The van der Waals surface area contributed by atoms with Gasteiger partial charge in [-0.15, -0.1) is 0 Å². The third kappa shape index (κ3) is 8.01. The number of unbranched alkanes of at least 4 members (excludes halogenated alkanes) is 1. The lowest BCUT2D eigenvalue weighted by Gasteiger charge is -2.22. The number of nitrogens with one attached hydrogen (secondary N) is 1. The van der Waals surface area contributed by atoms with E-state index in [9.17, 15) is 9.59 Å². The minimum atomic E-state index is -0.860. The molecule has 2 N–H and O–H groups in total. The van der Waals surface area contributed by atoms with E-state index in [1.54, 1.807) is 12.1 Å². The fourth-order valence-corrected chi connectivity index (χ4v) is 5.74. The normalized spacial score (nSPS) is 11.8. The van der Waals surface area contributed by atoms with Crippen LogP contribution in [0.5, 0.6) is 5.75 Å². The van der Waals surface area contributed by atoms with Crippen molar-refractivity contribution < 1.29 is 19.4 Å². The number of benzene rings is 4. The van der Waals surface area contributed by atoms with Crippen LogP contribution in [-0.2, 0) is 17.6 Å². The van der Waals surface area contributed by atoms with Crippen LogP contribution in [0, 0.1) is 0 Å². The number of aliphatic carboxylic acids is 1. The lowest BCUT2D eigenvalue weighted by molar-refractivity contribution is -0.137. The molecule has 0 aliphatic heterocycles. The van der Waals surface area contributed by atoms with E-state index in [1.165, 1.54) is 35.1 Å². The van der Waals surface area contributed by atoms with E-state index >= 15 is 0 Å². The number of fused-ring (bicyclic) bond motifs is 1. The van der Waals surface area contributed by atoms with Crippen molar-refractivity contribution in [3.05, 3.63) is 131 Å². The van der Waals surface area contributed by atoms with Gasteiger partial charge in [-0.1, -0.05) is 87.4 Å². The third-order valence-corrected chi connectivity index (χ3v) is 8.14. The number of para-hydroxylation sites is 2. The number of carboxylic acids is 1. The zero-order chi connectivity index (χ0) is 31.6. The number of rotatable bonds is 15. The molecule has 1 aromatic heterocycles. The summed E-state index contributed by atoms with van der Waals surface area (Å²) in [5.41, 5.74) is 7.28. The quantitative estimate of drug-likeness (QED) is 0.117. The van der Waals surface area contributed by atoms with Crippen LogP contribution in [0.1, 0.15) is 84.6 Å². The highest BCUT2D eigenvalue weighted by Crippen LogP contribution is 2.33. The molecule has 5 aromatic rings. The Labute approximate surface area is 265 Å². The number of aryl methyl sites for hydroxylation is 2. The maximum absolute atomic E-state index is 13.4. The first-order valence-corrected chi connectivity index (χ1v) is 16.0. The fourth-order valence-electron chi connectivity index (χ4n) is 5.74. The molecule has 0 aliphatic carbocycles. The van der Waals surface area contributed by atoms with Gasteiger partial charge in [0.05, 0.1) is 18.3 Å². The number of amides is 1. The van der Waals surface area contributed by atoms with E-state index in [0.717, 1.165) is 30.2 Å². The molecular formula is C39H42N2O4. The molecule has 0 spiro atoms. The predicted molar refractivity (Wildman–Crippen MR) is 181 cm³/mol. The number of hydrogen-bond donors (Lipinski definition) is 2. The predicted octanol–water partition coefficient (Wildman–Crippen LogP) is 9.07. The number of aromatic nitrogens is 1. The summed E-state index contributed by atoms with van der Waals surface area (Å²) in [6, 6.07) is 33.1. The molecular weight excluding hydrogens is 560 g/mol. The van der Waals surface area contributed by atoms with E-state index in [2.05, 4.69) is 84.5 Å². The average Bonchev–Trinajstić information content (AvgIpc) is 3.47. The molecule has 6 nitrogen and oxygen atoms in total. The van der Waals surface area contributed by atoms with E-state index < -0.39 is 5.97 Å².